The van der Waals surface area contributed by atoms with Crippen LogP contribution in [0, 0.1) is 22.2 Å². The van der Waals surface area contributed by atoms with Gasteiger partial charge in [0.05, 0.1) is 0 Å². The number of rotatable bonds is 1. The van der Waals surface area contributed by atoms with Crippen molar-refractivity contribution in [2.75, 3.05) is 13.6 Å². The largest absolute Gasteiger partial charge is 0.315 e. The molecular formula is C26H36N2. The van der Waals surface area contributed by atoms with E-state index in [-0.39, 0.29) is 0 Å². The number of hydrogen-bond acceptors (Lipinski definition) is 2. The van der Waals surface area contributed by atoms with Crippen molar-refractivity contribution in [1.82, 2.24) is 10.2 Å². The van der Waals surface area contributed by atoms with Crippen LogP contribution in [-0.2, 0) is 0 Å². The molecule has 4 fully saturated rings. The fraction of sp³-hybridized carbons (Fsp3) is 0.769. The third-order valence-electron chi connectivity index (χ3n) is 11.4. The first-order valence-corrected chi connectivity index (χ1v) is 12.0. The van der Waals surface area contributed by atoms with Crippen LogP contribution >= 0.6 is 0 Å². The molecule has 1 saturated heterocycles. The van der Waals surface area contributed by atoms with Gasteiger partial charge in [-0.05, 0) is 87.8 Å². The van der Waals surface area contributed by atoms with E-state index in [1.165, 1.54) is 57.9 Å². The van der Waals surface area contributed by atoms with Crippen molar-refractivity contribution in [1.29, 1.82) is 0 Å². The Kier molecular flexibility index (Phi) is 2.95. The van der Waals surface area contributed by atoms with Crippen molar-refractivity contribution < 1.29 is 0 Å². The van der Waals surface area contributed by atoms with Gasteiger partial charge in [-0.25, -0.2) is 0 Å². The average molecular weight is 377 g/mol. The third-order valence-corrected chi connectivity index (χ3v) is 11.4. The van der Waals surface area contributed by atoms with Crippen molar-refractivity contribution in [3.8, 4) is 0 Å². The van der Waals surface area contributed by atoms with Crippen LogP contribution in [0.5, 0.6) is 0 Å². The summed E-state index contributed by atoms with van der Waals surface area (Å²) < 4.78 is 0. The van der Waals surface area contributed by atoms with Crippen LogP contribution in [0.1, 0.15) is 72.1 Å². The number of allylic oxidation sites excluding steroid dienone is 3. The molecule has 0 aromatic rings. The normalized spacial score (nSPS) is 55.4. The molecule has 2 aliphatic heterocycles. The second kappa shape index (κ2) is 4.89. The van der Waals surface area contributed by atoms with Crippen molar-refractivity contribution >= 4 is 0 Å². The fourth-order valence-electron chi connectivity index (χ4n) is 10.1. The average Bonchev–Trinajstić information content (AvgIpc) is 3.25. The van der Waals surface area contributed by atoms with Crippen LogP contribution in [0.15, 0.2) is 33.9 Å². The summed E-state index contributed by atoms with van der Waals surface area (Å²) in [6.07, 6.45) is 13.7. The fourth-order valence-corrected chi connectivity index (χ4v) is 10.1. The Bertz CT molecular complexity index is 892. The molecule has 0 aromatic heterocycles. The molecule has 150 valence electrons. The maximum atomic E-state index is 3.69. The highest BCUT2D eigenvalue weighted by atomic mass is 15.4. The second-order valence-corrected chi connectivity index (χ2v) is 11.7. The number of fused-ring (bicyclic) bond motifs is 2. The zero-order chi connectivity index (χ0) is 19.1. The summed E-state index contributed by atoms with van der Waals surface area (Å²) in [5.74, 6) is 0.869. The standard InChI is InChI=1S/C26H36N2/c1-15-7-10-26-16(2)8-9-25(13-19(15)26)23-22-17(5-6-18(22)12-24(25,26)3)11-20(27-4)21-14-28(21)23/h6,16,20-21,23,27H,5,7-14H2,1-4H3. The first-order chi connectivity index (χ1) is 13.5. The Hall–Kier alpha value is -0.860. The van der Waals surface area contributed by atoms with E-state index in [4.69, 9.17) is 0 Å². The van der Waals surface area contributed by atoms with E-state index in [1.54, 1.807) is 16.7 Å². The summed E-state index contributed by atoms with van der Waals surface area (Å²) >= 11 is 0. The topological polar surface area (TPSA) is 15.0 Å². The monoisotopic (exact) mass is 376 g/mol. The molecule has 5 aliphatic carbocycles. The lowest BCUT2D eigenvalue weighted by Crippen LogP contribution is -2.61. The highest BCUT2D eigenvalue weighted by molar-refractivity contribution is 5.57. The van der Waals surface area contributed by atoms with Gasteiger partial charge in [0.15, 0.2) is 0 Å². The summed E-state index contributed by atoms with van der Waals surface area (Å²) in [6.45, 7) is 9.20. The van der Waals surface area contributed by atoms with Gasteiger partial charge >= 0.3 is 0 Å². The molecule has 8 atom stereocenters. The van der Waals surface area contributed by atoms with Crippen LogP contribution in [0.3, 0.4) is 0 Å². The SMILES string of the molecule is CNC1CC2=C3C(=CC2)CC2(C)C4(CCC(C)C25CCC(C)=C5C4)C3N2CC12. The van der Waals surface area contributed by atoms with Crippen molar-refractivity contribution in [2.45, 2.75) is 90.3 Å². The van der Waals surface area contributed by atoms with E-state index in [0.717, 1.165) is 12.0 Å². The van der Waals surface area contributed by atoms with Crippen LogP contribution in [0.4, 0.5) is 0 Å². The summed E-state index contributed by atoms with van der Waals surface area (Å²) in [5.41, 5.74) is 10.6. The van der Waals surface area contributed by atoms with Crippen molar-refractivity contribution in [2.24, 2.45) is 22.2 Å². The zero-order valence-electron chi connectivity index (χ0n) is 18.2. The van der Waals surface area contributed by atoms with E-state index < -0.39 is 0 Å². The minimum atomic E-state index is 0.465. The highest BCUT2D eigenvalue weighted by Gasteiger charge is 2.77. The van der Waals surface area contributed by atoms with E-state index >= 15 is 0 Å². The van der Waals surface area contributed by atoms with Crippen LogP contribution < -0.4 is 5.32 Å². The molecular weight excluding hydrogens is 340 g/mol. The molecule has 3 saturated carbocycles. The Morgan fingerprint density at radius 2 is 2.07 bits per heavy atom. The molecule has 0 radical (unpaired) electrons. The minimum absolute atomic E-state index is 0.465. The van der Waals surface area contributed by atoms with Crippen LogP contribution in [0.25, 0.3) is 0 Å². The van der Waals surface area contributed by atoms with Gasteiger partial charge in [-0.3, -0.25) is 4.90 Å². The minimum Gasteiger partial charge on any atom is -0.315 e. The quantitative estimate of drug-likeness (QED) is 0.512. The van der Waals surface area contributed by atoms with Crippen molar-refractivity contribution in [3.05, 3.63) is 33.9 Å². The molecule has 2 heterocycles. The third kappa shape index (κ3) is 1.52. The first kappa shape index (κ1) is 16.9. The lowest BCUT2D eigenvalue weighted by Gasteiger charge is -2.64. The Balaban J connectivity index is 1.48. The lowest BCUT2D eigenvalue weighted by molar-refractivity contribution is -0.116. The van der Waals surface area contributed by atoms with Gasteiger partial charge < -0.3 is 5.32 Å². The molecule has 1 N–H and O–H groups in total. The molecule has 0 amide bonds. The molecule has 7 rings (SSSR count). The summed E-state index contributed by atoms with van der Waals surface area (Å²) in [6, 6.07) is 2.17. The second-order valence-electron chi connectivity index (χ2n) is 11.7. The summed E-state index contributed by atoms with van der Waals surface area (Å²) in [4.78, 5) is 2.96. The molecule has 2 heteroatoms. The predicted octanol–water partition coefficient (Wildman–Crippen LogP) is 4.98. The molecule has 8 unspecified atom stereocenters. The van der Waals surface area contributed by atoms with Crippen LogP contribution in [0.2, 0.25) is 0 Å². The maximum Gasteiger partial charge on any atom is 0.0420 e. The van der Waals surface area contributed by atoms with E-state index in [0.29, 0.717) is 28.3 Å². The molecule has 1 spiro atoms. The zero-order valence-corrected chi connectivity index (χ0v) is 18.2. The van der Waals surface area contributed by atoms with Gasteiger partial charge in [-0.2, -0.15) is 0 Å². The summed E-state index contributed by atoms with van der Waals surface area (Å²) in [7, 11) is 2.19. The van der Waals surface area contributed by atoms with Gasteiger partial charge in [-0.15, -0.1) is 0 Å². The summed E-state index contributed by atoms with van der Waals surface area (Å²) in [5, 5.41) is 3.69. The van der Waals surface area contributed by atoms with Gasteiger partial charge in [0.2, 0.25) is 0 Å². The van der Waals surface area contributed by atoms with E-state index in [2.05, 4.69) is 44.1 Å². The number of likely N-dealkylation sites (N-methyl/N-ethyl adjacent to an activating group) is 1. The van der Waals surface area contributed by atoms with Gasteiger partial charge in [-0.1, -0.05) is 36.6 Å². The Morgan fingerprint density at radius 3 is 2.89 bits per heavy atom. The Morgan fingerprint density at radius 1 is 1.21 bits per heavy atom. The van der Waals surface area contributed by atoms with E-state index in [9.17, 15) is 0 Å². The Labute approximate surface area is 170 Å². The number of hydrogen-bond donors (Lipinski definition) is 1. The smallest absolute Gasteiger partial charge is 0.0420 e. The van der Waals surface area contributed by atoms with Crippen LogP contribution in [-0.4, -0.2) is 36.6 Å². The predicted molar refractivity (Wildman–Crippen MR) is 114 cm³/mol. The molecule has 7 aliphatic rings. The molecule has 2 bridgehead atoms. The van der Waals surface area contributed by atoms with E-state index in [1.807, 2.05) is 11.1 Å². The molecule has 2 nitrogen and oxygen atoms in total. The highest BCUT2D eigenvalue weighted by Crippen LogP contribution is 2.83. The van der Waals surface area contributed by atoms with Gasteiger partial charge in [0.25, 0.3) is 0 Å². The van der Waals surface area contributed by atoms with Crippen molar-refractivity contribution in [3.63, 3.8) is 0 Å². The first-order valence-electron chi connectivity index (χ1n) is 12.0. The van der Waals surface area contributed by atoms with Gasteiger partial charge in [0.1, 0.15) is 0 Å². The number of nitrogens with zero attached hydrogens (tertiary/aromatic N) is 1. The number of nitrogens with one attached hydrogen (secondary N) is 1. The molecule has 28 heavy (non-hydrogen) atoms. The maximum absolute atomic E-state index is 3.69. The lowest BCUT2D eigenvalue weighted by atomic mass is 9.41. The molecule has 0 aromatic carbocycles. The van der Waals surface area contributed by atoms with Gasteiger partial charge in [0, 0.05) is 35.5 Å².